The van der Waals surface area contributed by atoms with E-state index in [0.29, 0.717) is 0 Å². The fraction of sp³-hybridized carbons (Fsp3) is 0.395. The van der Waals surface area contributed by atoms with E-state index in [4.69, 9.17) is 0 Å². The normalized spacial score (nSPS) is 16.9. The van der Waals surface area contributed by atoms with Crippen molar-refractivity contribution in [1.82, 2.24) is 19.8 Å². The van der Waals surface area contributed by atoms with Crippen LogP contribution in [0.4, 0.5) is 0 Å². The second-order valence-corrected chi connectivity index (χ2v) is 13.9. The second-order valence-electron chi connectivity index (χ2n) is 13.9. The van der Waals surface area contributed by atoms with Crippen molar-refractivity contribution < 1.29 is 4.79 Å². The van der Waals surface area contributed by atoms with E-state index in [0.717, 1.165) is 78.5 Å². The molecule has 2 fully saturated rings. The highest BCUT2D eigenvalue weighted by Crippen LogP contribution is 2.40. The Hall–Kier alpha value is -4.22. The van der Waals surface area contributed by atoms with E-state index in [1.165, 1.54) is 50.5 Å². The molecule has 1 saturated heterocycles. The number of likely N-dealkylation sites (tertiary alicyclic amines) is 1. The molecular formula is C43H52N4O. The fourth-order valence-corrected chi connectivity index (χ4v) is 7.85. The van der Waals surface area contributed by atoms with Gasteiger partial charge < -0.3 is 14.8 Å². The Morgan fingerprint density at radius 2 is 1.40 bits per heavy atom. The lowest BCUT2D eigenvalue weighted by molar-refractivity contribution is 0.0645. The lowest BCUT2D eigenvalue weighted by Crippen LogP contribution is -2.47. The number of imidazole rings is 1. The van der Waals surface area contributed by atoms with E-state index in [-0.39, 0.29) is 11.3 Å². The molecule has 5 aromatic rings. The minimum absolute atomic E-state index is 0.132. The van der Waals surface area contributed by atoms with Crippen LogP contribution in [0, 0.1) is 6.92 Å². The number of benzene rings is 4. The van der Waals surface area contributed by atoms with Crippen molar-refractivity contribution in [3.8, 4) is 11.1 Å². The zero-order valence-corrected chi connectivity index (χ0v) is 28.9. The van der Waals surface area contributed by atoms with Crippen LogP contribution in [0.3, 0.4) is 0 Å². The zero-order chi connectivity index (χ0) is 33.2. The number of hydrogen-bond acceptors (Lipinski definition) is 3. The summed E-state index contributed by atoms with van der Waals surface area (Å²) in [5.41, 5.74) is 6.67. The number of hydrogen-bond donors (Lipinski definition) is 1. The van der Waals surface area contributed by atoms with Gasteiger partial charge in [0.25, 0.3) is 5.91 Å². The molecule has 7 rings (SSSR count). The highest BCUT2D eigenvalue weighted by atomic mass is 16.2. The van der Waals surface area contributed by atoms with Crippen LogP contribution < -0.4 is 0 Å². The number of amides is 1. The third-order valence-corrected chi connectivity index (χ3v) is 10.8. The van der Waals surface area contributed by atoms with Gasteiger partial charge in [-0.2, -0.15) is 0 Å². The number of fused-ring (bicyclic) bond motifs is 1. The maximum Gasteiger partial charge on any atom is 0.254 e. The summed E-state index contributed by atoms with van der Waals surface area (Å²) in [7, 11) is 2.35. The molecule has 250 valence electrons. The first-order chi connectivity index (χ1) is 23.5. The number of aromatic nitrogens is 2. The molecule has 48 heavy (non-hydrogen) atoms. The number of nitrogens with zero attached hydrogens (tertiary/aromatic N) is 3. The lowest BCUT2D eigenvalue weighted by atomic mass is 9.70. The molecule has 1 aliphatic heterocycles. The molecule has 0 radical (unpaired) electrons. The van der Waals surface area contributed by atoms with Crippen molar-refractivity contribution in [2.75, 3.05) is 26.7 Å². The number of rotatable bonds is 7. The van der Waals surface area contributed by atoms with Crippen LogP contribution in [-0.4, -0.2) is 58.4 Å². The Morgan fingerprint density at radius 3 is 2.10 bits per heavy atom. The van der Waals surface area contributed by atoms with Gasteiger partial charge in [-0.1, -0.05) is 123 Å². The molecule has 2 heterocycles. The third kappa shape index (κ3) is 8.25. The quantitative estimate of drug-likeness (QED) is 0.193. The van der Waals surface area contributed by atoms with Gasteiger partial charge in [0.15, 0.2) is 0 Å². The highest BCUT2D eigenvalue weighted by Gasteiger charge is 2.38. The van der Waals surface area contributed by atoms with Gasteiger partial charge in [0.2, 0.25) is 0 Å². The van der Waals surface area contributed by atoms with E-state index in [1.54, 1.807) is 0 Å². The predicted octanol–water partition coefficient (Wildman–Crippen LogP) is 9.83. The van der Waals surface area contributed by atoms with Gasteiger partial charge in [-0.05, 0) is 92.9 Å². The molecule has 0 unspecified atom stereocenters. The molecule has 5 heteroatoms. The number of para-hydroxylation sites is 2. The van der Waals surface area contributed by atoms with E-state index in [1.807, 2.05) is 67.6 Å². The van der Waals surface area contributed by atoms with Gasteiger partial charge in [0.1, 0.15) is 5.82 Å². The van der Waals surface area contributed by atoms with Crippen LogP contribution in [0.1, 0.15) is 86.0 Å². The molecule has 5 nitrogen and oxygen atoms in total. The monoisotopic (exact) mass is 640 g/mol. The summed E-state index contributed by atoms with van der Waals surface area (Å²) in [5.74, 6) is 1.14. The molecule has 2 aliphatic rings. The van der Waals surface area contributed by atoms with Crippen molar-refractivity contribution in [3.63, 3.8) is 0 Å². The van der Waals surface area contributed by atoms with Crippen molar-refractivity contribution in [2.45, 2.75) is 82.6 Å². The zero-order valence-electron chi connectivity index (χ0n) is 28.9. The number of carbonyl (C=O) groups excluding carboxylic acids is 1. The average Bonchev–Trinajstić information content (AvgIpc) is 3.51. The second kappa shape index (κ2) is 16.3. The summed E-state index contributed by atoms with van der Waals surface area (Å²) < 4.78 is 0. The van der Waals surface area contributed by atoms with Crippen LogP contribution in [-0.2, 0) is 5.41 Å². The summed E-state index contributed by atoms with van der Waals surface area (Å²) in [4.78, 5) is 26.0. The van der Waals surface area contributed by atoms with Gasteiger partial charge >= 0.3 is 0 Å². The Balaban J connectivity index is 0.000000340. The van der Waals surface area contributed by atoms with E-state index in [9.17, 15) is 4.79 Å². The maximum absolute atomic E-state index is 13.8. The third-order valence-electron chi connectivity index (χ3n) is 10.8. The minimum Gasteiger partial charge on any atom is -0.342 e. The Bertz CT molecular complexity index is 1680. The van der Waals surface area contributed by atoms with Crippen molar-refractivity contribution in [1.29, 1.82) is 0 Å². The summed E-state index contributed by atoms with van der Waals surface area (Å²) in [6.07, 6.45) is 12.9. The van der Waals surface area contributed by atoms with Gasteiger partial charge in [-0.3, -0.25) is 4.79 Å². The van der Waals surface area contributed by atoms with Gasteiger partial charge in [0.05, 0.1) is 11.0 Å². The summed E-state index contributed by atoms with van der Waals surface area (Å²) >= 11 is 0. The minimum atomic E-state index is 0.132. The standard InChI is InChI=1S/C35H44N2O.C8H8N2/c1-36(31-19-11-3-2-4-12-20-31)26-23-35(30-17-9-6-10-18-30)24-27-37(28-25-35)34(38)33-22-14-13-21-32(33)29-15-7-5-8-16-29;1-6-9-7-4-2-3-5-8(7)10-6/h5-10,13-18,21-22,31H,2-4,11-12,19-20,23-28H2,1H3;2-5H,1H3,(H,9,10). The van der Waals surface area contributed by atoms with Crippen LogP contribution in [0.5, 0.6) is 0 Å². The van der Waals surface area contributed by atoms with Gasteiger partial charge in [-0.15, -0.1) is 0 Å². The SMILES string of the molecule is CN(CCC1(c2ccccc2)CCN(C(=O)c2ccccc2-c2ccccc2)CC1)C1CCCCCCC1.Cc1nc2ccccc2[nH]1. The van der Waals surface area contributed by atoms with Crippen molar-refractivity contribution in [2.24, 2.45) is 0 Å². The number of carbonyl (C=O) groups is 1. The van der Waals surface area contributed by atoms with Gasteiger partial charge in [0, 0.05) is 24.7 Å². The molecule has 0 spiro atoms. The highest BCUT2D eigenvalue weighted by molar-refractivity contribution is 6.01. The summed E-state index contributed by atoms with van der Waals surface area (Å²) in [5, 5.41) is 0. The number of nitrogens with one attached hydrogen (secondary N) is 1. The molecule has 1 amide bonds. The van der Waals surface area contributed by atoms with E-state index < -0.39 is 0 Å². The largest absolute Gasteiger partial charge is 0.342 e. The van der Waals surface area contributed by atoms with E-state index in [2.05, 4.69) is 75.3 Å². The predicted molar refractivity (Wildman–Crippen MR) is 199 cm³/mol. The Kier molecular flexibility index (Phi) is 11.4. The van der Waals surface area contributed by atoms with Crippen molar-refractivity contribution >= 4 is 16.9 Å². The lowest BCUT2D eigenvalue weighted by Gasteiger charge is -2.44. The van der Waals surface area contributed by atoms with Crippen LogP contribution >= 0.6 is 0 Å². The number of piperidine rings is 1. The maximum atomic E-state index is 13.8. The molecule has 4 aromatic carbocycles. The number of H-pyrrole nitrogens is 1. The Morgan fingerprint density at radius 1 is 0.792 bits per heavy atom. The van der Waals surface area contributed by atoms with Gasteiger partial charge in [-0.25, -0.2) is 4.98 Å². The fourth-order valence-electron chi connectivity index (χ4n) is 7.85. The topological polar surface area (TPSA) is 52.2 Å². The summed E-state index contributed by atoms with van der Waals surface area (Å²) in [6, 6.07) is 38.2. The first kappa shape index (κ1) is 33.7. The molecule has 1 saturated carbocycles. The first-order valence-corrected chi connectivity index (χ1v) is 18.1. The number of aromatic amines is 1. The van der Waals surface area contributed by atoms with Crippen LogP contribution in [0.15, 0.2) is 109 Å². The molecule has 0 bridgehead atoms. The van der Waals surface area contributed by atoms with E-state index >= 15 is 0 Å². The summed E-state index contributed by atoms with van der Waals surface area (Å²) in [6.45, 7) is 4.71. The first-order valence-electron chi connectivity index (χ1n) is 18.1. The van der Waals surface area contributed by atoms with Crippen molar-refractivity contribution in [3.05, 3.63) is 126 Å². The van der Waals surface area contributed by atoms with Crippen LogP contribution in [0.2, 0.25) is 0 Å². The molecule has 0 atom stereocenters. The molecule has 1 aliphatic carbocycles. The van der Waals surface area contributed by atoms with Crippen LogP contribution in [0.25, 0.3) is 22.2 Å². The average molecular weight is 641 g/mol. The smallest absolute Gasteiger partial charge is 0.254 e. The number of aryl methyl sites for hydroxylation is 1. The Labute approximate surface area is 287 Å². The molecule has 1 N–H and O–H groups in total. The molecular weight excluding hydrogens is 589 g/mol. The molecule has 1 aromatic heterocycles.